The highest BCUT2D eigenvalue weighted by Crippen LogP contribution is 2.34. The standard InChI is InChI=1S/C15H13Br2Cl/c1-10-4-2-7-13(15(10)17)14(16)9-11-5-3-6-12(18)8-11/h2-8,14H,9H2,1H3. The van der Waals surface area contributed by atoms with E-state index in [9.17, 15) is 0 Å². The molecule has 0 radical (unpaired) electrons. The van der Waals surface area contributed by atoms with Crippen LogP contribution in [-0.2, 0) is 6.42 Å². The Kier molecular flexibility index (Phi) is 4.88. The minimum atomic E-state index is 0.283. The van der Waals surface area contributed by atoms with Gasteiger partial charge in [-0.15, -0.1) is 0 Å². The topological polar surface area (TPSA) is 0 Å². The highest BCUT2D eigenvalue weighted by atomic mass is 79.9. The van der Waals surface area contributed by atoms with Crippen molar-refractivity contribution in [2.24, 2.45) is 0 Å². The predicted molar refractivity (Wildman–Crippen MR) is 85.7 cm³/mol. The fraction of sp³-hybridized carbons (Fsp3) is 0.200. The van der Waals surface area contributed by atoms with E-state index in [0.29, 0.717) is 0 Å². The molecule has 0 aliphatic rings. The van der Waals surface area contributed by atoms with E-state index in [4.69, 9.17) is 11.6 Å². The first-order chi connectivity index (χ1) is 8.58. The molecule has 18 heavy (non-hydrogen) atoms. The summed E-state index contributed by atoms with van der Waals surface area (Å²) >= 11 is 13.4. The van der Waals surface area contributed by atoms with Gasteiger partial charge in [0.05, 0.1) is 0 Å². The van der Waals surface area contributed by atoms with Crippen molar-refractivity contribution in [1.29, 1.82) is 0 Å². The van der Waals surface area contributed by atoms with E-state index in [2.05, 4.69) is 63.0 Å². The molecule has 0 aliphatic carbocycles. The Bertz CT molecular complexity index is 552. The minimum absolute atomic E-state index is 0.283. The third-order valence-electron chi connectivity index (χ3n) is 2.86. The molecule has 0 fully saturated rings. The van der Waals surface area contributed by atoms with E-state index in [-0.39, 0.29) is 4.83 Å². The van der Waals surface area contributed by atoms with Gasteiger partial charge in [-0.1, -0.05) is 73.8 Å². The van der Waals surface area contributed by atoms with Crippen LogP contribution in [0, 0.1) is 6.92 Å². The summed E-state index contributed by atoms with van der Waals surface area (Å²) in [7, 11) is 0. The van der Waals surface area contributed by atoms with Gasteiger partial charge in [-0.2, -0.15) is 0 Å². The largest absolute Gasteiger partial charge is 0.0843 e. The second-order valence-electron chi connectivity index (χ2n) is 4.28. The van der Waals surface area contributed by atoms with E-state index in [1.165, 1.54) is 21.2 Å². The average Bonchev–Trinajstić information content (AvgIpc) is 2.32. The first-order valence-corrected chi connectivity index (χ1v) is 7.80. The number of benzene rings is 2. The Morgan fingerprint density at radius 2 is 1.89 bits per heavy atom. The average molecular weight is 389 g/mol. The smallest absolute Gasteiger partial charge is 0.0446 e. The van der Waals surface area contributed by atoms with Gasteiger partial charge in [-0.25, -0.2) is 0 Å². The van der Waals surface area contributed by atoms with Crippen molar-refractivity contribution in [3.63, 3.8) is 0 Å². The predicted octanol–water partition coefficient (Wildman–Crippen LogP) is 6.09. The Morgan fingerprint density at radius 1 is 1.17 bits per heavy atom. The molecule has 0 nitrogen and oxygen atoms in total. The molecule has 0 heterocycles. The summed E-state index contributed by atoms with van der Waals surface area (Å²) in [5.41, 5.74) is 3.76. The van der Waals surface area contributed by atoms with Crippen molar-refractivity contribution in [2.45, 2.75) is 18.2 Å². The normalized spacial score (nSPS) is 12.4. The number of halogens is 3. The first-order valence-electron chi connectivity index (χ1n) is 5.71. The lowest BCUT2D eigenvalue weighted by Crippen LogP contribution is -1.97. The van der Waals surface area contributed by atoms with Gasteiger partial charge in [0.15, 0.2) is 0 Å². The Hall–Kier alpha value is -0.310. The number of hydrogen-bond acceptors (Lipinski definition) is 0. The molecule has 1 unspecified atom stereocenters. The fourth-order valence-electron chi connectivity index (χ4n) is 1.89. The molecule has 1 atom stereocenters. The zero-order valence-corrected chi connectivity index (χ0v) is 13.9. The van der Waals surface area contributed by atoms with Crippen LogP contribution in [0.3, 0.4) is 0 Å². The molecule has 2 rings (SSSR count). The van der Waals surface area contributed by atoms with E-state index in [1.807, 2.05) is 18.2 Å². The highest BCUT2D eigenvalue weighted by Gasteiger charge is 2.13. The molecule has 0 bridgehead atoms. The van der Waals surface area contributed by atoms with Crippen LogP contribution in [0.25, 0.3) is 0 Å². The molecular weight excluding hydrogens is 375 g/mol. The van der Waals surface area contributed by atoms with Crippen LogP contribution in [0.5, 0.6) is 0 Å². The summed E-state index contributed by atoms with van der Waals surface area (Å²) in [4.78, 5) is 0.283. The van der Waals surface area contributed by atoms with Crippen LogP contribution >= 0.6 is 43.5 Å². The van der Waals surface area contributed by atoms with Crippen molar-refractivity contribution in [3.8, 4) is 0 Å². The second-order valence-corrected chi connectivity index (χ2v) is 6.61. The molecule has 2 aromatic carbocycles. The van der Waals surface area contributed by atoms with Crippen LogP contribution in [-0.4, -0.2) is 0 Å². The summed E-state index contributed by atoms with van der Waals surface area (Å²) in [6.45, 7) is 2.10. The lowest BCUT2D eigenvalue weighted by Gasteiger charge is -2.14. The molecular formula is C15H13Br2Cl. The quantitative estimate of drug-likeness (QED) is 0.558. The van der Waals surface area contributed by atoms with Gasteiger partial charge in [0.2, 0.25) is 0 Å². The number of aryl methyl sites for hydroxylation is 1. The minimum Gasteiger partial charge on any atom is -0.0843 e. The highest BCUT2D eigenvalue weighted by molar-refractivity contribution is 9.11. The third kappa shape index (κ3) is 3.37. The molecule has 0 aliphatic heterocycles. The van der Waals surface area contributed by atoms with Crippen molar-refractivity contribution in [2.75, 3.05) is 0 Å². The Morgan fingerprint density at radius 3 is 2.61 bits per heavy atom. The van der Waals surface area contributed by atoms with Crippen LogP contribution in [0.4, 0.5) is 0 Å². The molecule has 0 saturated carbocycles. The van der Waals surface area contributed by atoms with Gasteiger partial charge < -0.3 is 0 Å². The monoisotopic (exact) mass is 386 g/mol. The number of hydrogen-bond donors (Lipinski definition) is 0. The van der Waals surface area contributed by atoms with Gasteiger partial charge >= 0.3 is 0 Å². The second kappa shape index (κ2) is 6.23. The zero-order chi connectivity index (χ0) is 13.1. The lowest BCUT2D eigenvalue weighted by molar-refractivity contribution is 0.940. The van der Waals surface area contributed by atoms with Crippen LogP contribution in [0.1, 0.15) is 21.5 Å². The van der Waals surface area contributed by atoms with Crippen LogP contribution in [0.2, 0.25) is 5.02 Å². The molecule has 0 N–H and O–H groups in total. The summed E-state index contributed by atoms with van der Waals surface area (Å²) in [5.74, 6) is 0. The zero-order valence-electron chi connectivity index (χ0n) is 9.96. The van der Waals surface area contributed by atoms with Gasteiger partial charge in [0.1, 0.15) is 0 Å². The molecule has 3 heteroatoms. The van der Waals surface area contributed by atoms with Crippen LogP contribution < -0.4 is 0 Å². The maximum atomic E-state index is 6.01. The fourth-order valence-corrected chi connectivity index (χ4v) is 3.71. The van der Waals surface area contributed by atoms with Crippen molar-refractivity contribution < 1.29 is 0 Å². The maximum Gasteiger partial charge on any atom is 0.0446 e. The molecule has 0 aromatic heterocycles. The van der Waals surface area contributed by atoms with E-state index >= 15 is 0 Å². The van der Waals surface area contributed by atoms with E-state index in [0.717, 1.165) is 11.4 Å². The first kappa shape index (κ1) is 14.1. The van der Waals surface area contributed by atoms with Gasteiger partial charge in [-0.05, 0) is 42.2 Å². The summed E-state index contributed by atoms with van der Waals surface area (Å²) in [6.07, 6.45) is 0.919. The van der Waals surface area contributed by atoms with Crippen LogP contribution in [0.15, 0.2) is 46.9 Å². The summed E-state index contributed by atoms with van der Waals surface area (Å²) in [5, 5.41) is 0.788. The summed E-state index contributed by atoms with van der Waals surface area (Å²) < 4.78 is 1.17. The SMILES string of the molecule is Cc1cccc(C(Br)Cc2cccc(Cl)c2)c1Br. The molecule has 2 aromatic rings. The molecule has 94 valence electrons. The number of rotatable bonds is 3. The summed E-state index contributed by atoms with van der Waals surface area (Å²) in [6, 6.07) is 14.3. The molecule has 0 spiro atoms. The third-order valence-corrected chi connectivity index (χ3v) is 5.00. The van der Waals surface area contributed by atoms with E-state index < -0.39 is 0 Å². The molecule has 0 saturated heterocycles. The molecule has 0 amide bonds. The van der Waals surface area contributed by atoms with Gasteiger partial charge in [0.25, 0.3) is 0 Å². The van der Waals surface area contributed by atoms with Crippen molar-refractivity contribution in [1.82, 2.24) is 0 Å². The van der Waals surface area contributed by atoms with Crippen molar-refractivity contribution in [3.05, 3.63) is 68.7 Å². The van der Waals surface area contributed by atoms with E-state index in [1.54, 1.807) is 0 Å². The Labute approximate surface area is 130 Å². The van der Waals surface area contributed by atoms with Gasteiger partial charge in [-0.3, -0.25) is 0 Å². The maximum absolute atomic E-state index is 6.01. The lowest BCUT2D eigenvalue weighted by atomic mass is 10.0. The Balaban J connectivity index is 2.22. The van der Waals surface area contributed by atoms with Gasteiger partial charge in [0, 0.05) is 14.3 Å². The number of alkyl halides is 1. The van der Waals surface area contributed by atoms with Crippen molar-refractivity contribution >= 4 is 43.5 Å².